The second-order valence-corrected chi connectivity index (χ2v) is 5.54. The Hall–Kier alpha value is -1.16. The van der Waals surface area contributed by atoms with Gasteiger partial charge in [0.15, 0.2) is 0 Å². The lowest BCUT2D eigenvalue weighted by atomic mass is 9.93. The minimum absolute atomic E-state index is 0.308. The molecule has 0 bridgehead atoms. The Morgan fingerprint density at radius 3 is 2.40 bits per heavy atom. The normalized spacial score (nSPS) is 12.3. The van der Waals surface area contributed by atoms with Crippen molar-refractivity contribution in [1.29, 1.82) is 0 Å². The summed E-state index contributed by atoms with van der Waals surface area (Å²) in [5.41, 5.74) is 2.58. The third-order valence-corrected chi connectivity index (χ3v) is 3.91. The van der Waals surface area contributed by atoms with Gasteiger partial charge in [0.2, 0.25) is 0 Å². The lowest BCUT2D eigenvalue weighted by Gasteiger charge is -2.19. The molecule has 3 heteroatoms. The van der Waals surface area contributed by atoms with Crippen LogP contribution in [0.2, 0.25) is 0 Å². The molecule has 2 aromatic rings. The van der Waals surface area contributed by atoms with Crippen LogP contribution in [-0.2, 0) is 15.9 Å². The van der Waals surface area contributed by atoms with Crippen LogP contribution in [0.4, 0.5) is 0 Å². The molecule has 0 N–H and O–H groups in total. The van der Waals surface area contributed by atoms with Crippen LogP contribution in [0, 0.1) is 0 Å². The van der Waals surface area contributed by atoms with Gasteiger partial charge in [0.25, 0.3) is 0 Å². The minimum atomic E-state index is 0.308. The molecule has 2 nitrogen and oxygen atoms in total. The maximum Gasteiger partial charge on any atom is 0.146 e. The molecule has 0 fully saturated rings. The minimum Gasteiger partial charge on any atom is -0.359 e. The van der Waals surface area contributed by atoms with E-state index >= 15 is 0 Å². The molecule has 20 heavy (non-hydrogen) atoms. The molecule has 0 aliphatic carbocycles. The van der Waals surface area contributed by atoms with Crippen molar-refractivity contribution in [2.75, 3.05) is 20.5 Å². The monoisotopic (exact) mass is 334 g/mol. The third-order valence-electron chi connectivity index (χ3n) is 3.19. The second-order valence-electron chi connectivity index (χ2n) is 4.69. The zero-order valence-electron chi connectivity index (χ0n) is 11.6. The zero-order chi connectivity index (χ0) is 14.2. The molecule has 0 aliphatic rings. The summed E-state index contributed by atoms with van der Waals surface area (Å²) in [6.07, 6.45) is 0.952. The van der Waals surface area contributed by atoms with Gasteiger partial charge < -0.3 is 9.47 Å². The Labute approximate surface area is 128 Å². The number of hydrogen-bond acceptors (Lipinski definition) is 2. The first-order chi connectivity index (χ1) is 9.81. The average molecular weight is 335 g/mol. The predicted octanol–water partition coefficient (Wildman–Crippen LogP) is 4.40. The van der Waals surface area contributed by atoms with Crippen molar-refractivity contribution in [3.8, 4) is 0 Å². The molecule has 2 rings (SSSR count). The van der Waals surface area contributed by atoms with E-state index < -0.39 is 0 Å². The van der Waals surface area contributed by atoms with Crippen LogP contribution in [0.5, 0.6) is 0 Å². The predicted molar refractivity (Wildman–Crippen MR) is 84.9 cm³/mol. The fourth-order valence-corrected chi connectivity index (χ4v) is 2.85. The molecule has 106 valence electrons. The number of hydrogen-bond donors (Lipinski definition) is 0. The third kappa shape index (κ3) is 4.44. The summed E-state index contributed by atoms with van der Waals surface area (Å²) in [5, 5.41) is 0. The van der Waals surface area contributed by atoms with E-state index in [2.05, 4.69) is 58.4 Å². The largest absolute Gasteiger partial charge is 0.359 e. The Bertz CT molecular complexity index is 513. The number of benzene rings is 2. The lowest BCUT2D eigenvalue weighted by molar-refractivity contribution is -0.0356. The molecule has 1 unspecified atom stereocenters. The molecule has 0 aliphatic heterocycles. The van der Waals surface area contributed by atoms with Gasteiger partial charge in [-0.2, -0.15) is 0 Å². The van der Waals surface area contributed by atoms with E-state index in [0.29, 0.717) is 19.3 Å². The highest BCUT2D eigenvalue weighted by atomic mass is 79.9. The number of rotatable bonds is 7. The molecular formula is C17H19BrO2. The topological polar surface area (TPSA) is 18.5 Å². The molecule has 0 spiro atoms. The first-order valence-electron chi connectivity index (χ1n) is 6.66. The fourth-order valence-electron chi connectivity index (χ4n) is 2.24. The van der Waals surface area contributed by atoms with Gasteiger partial charge in [-0.25, -0.2) is 0 Å². The fraction of sp³-hybridized carbons (Fsp3) is 0.294. The van der Waals surface area contributed by atoms with Crippen molar-refractivity contribution in [3.63, 3.8) is 0 Å². The second kappa shape index (κ2) is 8.20. The number of halogens is 1. The molecule has 0 heterocycles. The van der Waals surface area contributed by atoms with Gasteiger partial charge in [0.1, 0.15) is 6.79 Å². The molecule has 0 radical (unpaired) electrons. The highest BCUT2D eigenvalue weighted by Crippen LogP contribution is 2.28. The van der Waals surface area contributed by atoms with Crippen LogP contribution in [0.15, 0.2) is 59.1 Å². The van der Waals surface area contributed by atoms with Gasteiger partial charge in [0.05, 0.1) is 6.61 Å². The van der Waals surface area contributed by atoms with E-state index in [1.807, 2.05) is 12.1 Å². The Morgan fingerprint density at radius 2 is 1.70 bits per heavy atom. The standard InChI is InChI=1S/C17H19BrO2/c1-19-13-20-12-15(11-14-7-3-2-4-8-14)16-9-5-6-10-17(16)18/h2-10,15H,11-13H2,1H3. The Kier molecular flexibility index (Phi) is 6.25. The van der Waals surface area contributed by atoms with Gasteiger partial charge >= 0.3 is 0 Å². The molecule has 0 amide bonds. The van der Waals surface area contributed by atoms with E-state index in [4.69, 9.17) is 9.47 Å². The average Bonchev–Trinajstić information content (AvgIpc) is 2.48. The van der Waals surface area contributed by atoms with Crippen molar-refractivity contribution in [3.05, 3.63) is 70.2 Å². The molecule has 2 aromatic carbocycles. The smallest absolute Gasteiger partial charge is 0.146 e. The van der Waals surface area contributed by atoms with E-state index in [1.165, 1.54) is 11.1 Å². The van der Waals surface area contributed by atoms with Gasteiger partial charge in [-0.1, -0.05) is 64.5 Å². The van der Waals surface area contributed by atoms with Crippen LogP contribution in [0.3, 0.4) is 0 Å². The number of ether oxygens (including phenoxy) is 2. The van der Waals surface area contributed by atoms with Crippen molar-refractivity contribution < 1.29 is 9.47 Å². The summed E-state index contributed by atoms with van der Waals surface area (Å²) in [5.74, 6) is 0.308. The van der Waals surface area contributed by atoms with Crippen LogP contribution >= 0.6 is 15.9 Å². The maximum atomic E-state index is 5.58. The first-order valence-corrected chi connectivity index (χ1v) is 7.45. The molecule has 1 atom stereocenters. The van der Waals surface area contributed by atoms with Gasteiger partial charge in [0, 0.05) is 17.5 Å². The van der Waals surface area contributed by atoms with Crippen molar-refractivity contribution in [2.45, 2.75) is 12.3 Å². The Balaban J connectivity index is 2.14. The molecule has 0 saturated heterocycles. The summed E-state index contributed by atoms with van der Waals surface area (Å²) in [6.45, 7) is 0.973. The Morgan fingerprint density at radius 1 is 1.00 bits per heavy atom. The van der Waals surface area contributed by atoms with Crippen LogP contribution in [0.25, 0.3) is 0 Å². The van der Waals surface area contributed by atoms with Crippen LogP contribution in [-0.4, -0.2) is 20.5 Å². The van der Waals surface area contributed by atoms with Crippen LogP contribution < -0.4 is 0 Å². The van der Waals surface area contributed by atoms with E-state index in [-0.39, 0.29) is 0 Å². The number of methoxy groups -OCH3 is 1. The van der Waals surface area contributed by atoms with Crippen molar-refractivity contribution in [2.24, 2.45) is 0 Å². The summed E-state index contributed by atoms with van der Waals surface area (Å²) in [6, 6.07) is 18.8. The first kappa shape index (κ1) is 15.2. The summed E-state index contributed by atoms with van der Waals surface area (Å²) in [4.78, 5) is 0. The van der Waals surface area contributed by atoms with Gasteiger partial charge in [-0.3, -0.25) is 0 Å². The zero-order valence-corrected chi connectivity index (χ0v) is 13.2. The summed E-state index contributed by atoms with van der Waals surface area (Å²) in [7, 11) is 1.64. The van der Waals surface area contributed by atoms with E-state index in [9.17, 15) is 0 Å². The van der Waals surface area contributed by atoms with Crippen molar-refractivity contribution >= 4 is 15.9 Å². The van der Waals surface area contributed by atoms with E-state index in [0.717, 1.165) is 10.9 Å². The molecule has 0 aromatic heterocycles. The quantitative estimate of drug-likeness (QED) is 0.552. The summed E-state index contributed by atoms with van der Waals surface area (Å²) >= 11 is 3.63. The van der Waals surface area contributed by atoms with Gasteiger partial charge in [-0.15, -0.1) is 0 Å². The molecular weight excluding hydrogens is 316 g/mol. The SMILES string of the molecule is COCOCC(Cc1ccccc1)c1ccccc1Br. The van der Waals surface area contributed by atoms with Crippen molar-refractivity contribution in [1.82, 2.24) is 0 Å². The summed E-state index contributed by atoms with van der Waals surface area (Å²) < 4.78 is 11.7. The van der Waals surface area contributed by atoms with Crippen LogP contribution in [0.1, 0.15) is 17.0 Å². The highest BCUT2D eigenvalue weighted by molar-refractivity contribution is 9.10. The lowest BCUT2D eigenvalue weighted by Crippen LogP contribution is -2.13. The van der Waals surface area contributed by atoms with Gasteiger partial charge in [-0.05, 0) is 23.6 Å². The maximum absolute atomic E-state index is 5.58. The van der Waals surface area contributed by atoms with E-state index in [1.54, 1.807) is 7.11 Å². The molecule has 0 saturated carbocycles. The highest BCUT2D eigenvalue weighted by Gasteiger charge is 2.15.